The number of piperidine rings is 2. The fraction of sp³-hybridized carbons (Fsp3) is 0.351. The van der Waals surface area contributed by atoms with E-state index >= 15 is 0 Å². The lowest BCUT2D eigenvalue weighted by atomic mass is 10.00. The maximum atomic E-state index is 12.4. The molecule has 2 fully saturated rings. The highest BCUT2D eigenvalue weighted by Gasteiger charge is 2.19. The standard InChI is InChI=1S/C20H22N8O.C17H19N5O2.ClH/c29-20-25-18-19(28(20)11-10-27-8-2-1-3-9-27)24-16(12-21-18)14-4-6-15(7-5-14)17-22-13-23-26-17;23-13-5-3-12(4-6-13)14-9-19-15-16(20-14)22(17(24)21-15)10-11-2-1-7-18-8-11;/h4-7,12-13H,1-3,8-11H2,(H,21,25,29)(H,22,23,26);3-6,9,11,18,23H,1-2,7-8,10H2,(H,19,21,24);1H. The van der Waals surface area contributed by atoms with Gasteiger partial charge < -0.3 is 15.3 Å². The molecule has 5 N–H and O–H groups in total. The Labute approximate surface area is 315 Å². The van der Waals surface area contributed by atoms with Crippen LogP contribution in [-0.4, -0.2) is 96.9 Å². The molecular formula is C37H42ClN13O3. The van der Waals surface area contributed by atoms with Gasteiger partial charge in [0.05, 0.1) is 23.8 Å². The molecule has 5 aromatic heterocycles. The average molecular weight is 752 g/mol. The van der Waals surface area contributed by atoms with Crippen LogP contribution in [0.25, 0.3) is 56.5 Å². The lowest BCUT2D eigenvalue weighted by Gasteiger charge is -2.26. The average Bonchev–Trinajstić information content (AvgIpc) is 3.93. The van der Waals surface area contributed by atoms with E-state index in [1.54, 1.807) is 45.8 Å². The van der Waals surface area contributed by atoms with Crippen molar-refractivity contribution in [1.29, 1.82) is 0 Å². The third-order valence-corrected chi connectivity index (χ3v) is 9.92. The van der Waals surface area contributed by atoms with Crippen molar-refractivity contribution in [2.75, 3.05) is 32.7 Å². The van der Waals surface area contributed by atoms with E-state index < -0.39 is 0 Å². The van der Waals surface area contributed by atoms with Crippen LogP contribution in [0.2, 0.25) is 0 Å². The molecule has 0 spiro atoms. The van der Waals surface area contributed by atoms with Crippen LogP contribution in [0.15, 0.2) is 76.8 Å². The van der Waals surface area contributed by atoms with E-state index in [0.717, 1.165) is 73.8 Å². The fourth-order valence-corrected chi connectivity index (χ4v) is 7.03. The smallest absolute Gasteiger partial charge is 0.328 e. The Hall–Kier alpha value is -5.71. The first-order valence-electron chi connectivity index (χ1n) is 18.1. The van der Waals surface area contributed by atoms with Gasteiger partial charge in [-0.3, -0.25) is 24.2 Å². The van der Waals surface area contributed by atoms with Crippen molar-refractivity contribution in [3.63, 3.8) is 0 Å². The molecule has 2 aliphatic heterocycles. The molecule has 2 saturated heterocycles. The van der Waals surface area contributed by atoms with Crippen LogP contribution in [0.5, 0.6) is 5.75 Å². The SMILES string of the molecule is Cl.O=c1[nH]c2ncc(-c3ccc(-c4ncn[nH]4)cc3)nc2n1CCN1CCCCC1.O=c1[nH]c2ncc(-c3ccc(O)cc3)nc2n1CC1CCCNC1. The first kappa shape index (κ1) is 36.6. The van der Waals surface area contributed by atoms with Crippen LogP contribution >= 0.6 is 12.4 Å². The Morgan fingerprint density at radius 1 is 0.722 bits per heavy atom. The van der Waals surface area contributed by atoms with Crippen LogP contribution in [-0.2, 0) is 13.1 Å². The molecule has 7 aromatic rings. The number of benzene rings is 2. The van der Waals surface area contributed by atoms with Gasteiger partial charge in [-0.25, -0.2) is 34.5 Å². The summed E-state index contributed by atoms with van der Waals surface area (Å²) in [7, 11) is 0. The number of halogens is 1. The summed E-state index contributed by atoms with van der Waals surface area (Å²) in [5, 5.41) is 19.5. The van der Waals surface area contributed by atoms with Crippen LogP contribution in [0.3, 0.4) is 0 Å². The fourth-order valence-electron chi connectivity index (χ4n) is 7.03. The number of phenolic OH excluding ortho intramolecular Hbond substituents is 1. The maximum absolute atomic E-state index is 12.4. The second kappa shape index (κ2) is 16.5. The molecule has 0 radical (unpaired) electrons. The Balaban J connectivity index is 0.000000166. The van der Waals surface area contributed by atoms with Gasteiger partial charge in [0.25, 0.3) is 0 Å². The highest BCUT2D eigenvalue weighted by molar-refractivity contribution is 5.85. The molecule has 280 valence electrons. The Morgan fingerprint density at radius 3 is 1.94 bits per heavy atom. The zero-order valence-corrected chi connectivity index (χ0v) is 30.4. The number of aromatic amines is 3. The molecule has 16 nitrogen and oxygen atoms in total. The minimum Gasteiger partial charge on any atom is -0.508 e. The number of phenols is 1. The summed E-state index contributed by atoms with van der Waals surface area (Å²) in [6, 6.07) is 14.6. The van der Waals surface area contributed by atoms with Crippen molar-refractivity contribution in [2.45, 2.75) is 45.2 Å². The molecule has 0 amide bonds. The van der Waals surface area contributed by atoms with Crippen molar-refractivity contribution in [3.8, 4) is 39.7 Å². The second-order valence-electron chi connectivity index (χ2n) is 13.6. The summed E-state index contributed by atoms with van der Waals surface area (Å²) >= 11 is 0. The molecular weight excluding hydrogens is 710 g/mol. The molecule has 54 heavy (non-hydrogen) atoms. The Morgan fingerprint density at radius 2 is 1.33 bits per heavy atom. The van der Waals surface area contributed by atoms with Crippen molar-refractivity contribution in [1.82, 2.24) is 64.4 Å². The summed E-state index contributed by atoms with van der Waals surface area (Å²) < 4.78 is 3.38. The second-order valence-corrected chi connectivity index (χ2v) is 13.6. The lowest BCUT2D eigenvalue weighted by molar-refractivity contribution is 0.221. The molecule has 1 unspecified atom stereocenters. The number of H-pyrrole nitrogens is 3. The Kier molecular flexibility index (Phi) is 11.2. The topological polar surface area (TPSA) is 204 Å². The highest BCUT2D eigenvalue weighted by atomic mass is 35.5. The summed E-state index contributed by atoms with van der Waals surface area (Å²) in [5.74, 6) is 1.35. The minimum absolute atomic E-state index is 0. The number of imidazole rings is 2. The van der Waals surface area contributed by atoms with Gasteiger partial charge in [0.15, 0.2) is 28.4 Å². The number of aromatic nitrogens is 11. The predicted molar refractivity (Wildman–Crippen MR) is 207 cm³/mol. The summed E-state index contributed by atoms with van der Waals surface area (Å²) in [6.07, 6.45) is 10.8. The highest BCUT2D eigenvalue weighted by Crippen LogP contribution is 2.23. The predicted octanol–water partition coefficient (Wildman–Crippen LogP) is 3.97. The van der Waals surface area contributed by atoms with E-state index in [4.69, 9.17) is 4.98 Å². The third-order valence-electron chi connectivity index (χ3n) is 9.92. The van der Waals surface area contributed by atoms with Gasteiger partial charge in [0.1, 0.15) is 12.1 Å². The molecule has 9 rings (SSSR count). The van der Waals surface area contributed by atoms with Gasteiger partial charge in [0.2, 0.25) is 0 Å². The zero-order valence-electron chi connectivity index (χ0n) is 29.6. The third kappa shape index (κ3) is 8.10. The zero-order chi connectivity index (χ0) is 36.1. The molecule has 0 aliphatic carbocycles. The lowest BCUT2D eigenvalue weighted by Crippen LogP contribution is -2.34. The van der Waals surface area contributed by atoms with Crippen LogP contribution in [0, 0.1) is 5.92 Å². The summed E-state index contributed by atoms with van der Waals surface area (Å²) in [5.41, 5.74) is 6.01. The molecule has 0 saturated carbocycles. The van der Waals surface area contributed by atoms with Gasteiger partial charge in [-0.1, -0.05) is 30.7 Å². The number of rotatable bonds is 8. The van der Waals surface area contributed by atoms with Gasteiger partial charge in [-0.05, 0) is 82.0 Å². The van der Waals surface area contributed by atoms with Crippen LogP contribution in [0.1, 0.15) is 32.1 Å². The molecule has 17 heteroatoms. The number of likely N-dealkylation sites (tertiary alicyclic amines) is 1. The van der Waals surface area contributed by atoms with Gasteiger partial charge in [0, 0.05) is 36.3 Å². The Bertz CT molecular complexity index is 2410. The molecule has 7 heterocycles. The van der Waals surface area contributed by atoms with E-state index in [0.29, 0.717) is 47.3 Å². The van der Waals surface area contributed by atoms with Gasteiger partial charge >= 0.3 is 11.4 Å². The van der Waals surface area contributed by atoms with Crippen molar-refractivity contribution >= 4 is 35.0 Å². The first-order valence-corrected chi connectivity index (χ1v) is 18.1. The first-order chi connectivity index (χ1) is 26.0. The van der Waals surface area contributed by atoms with Crippen LogP contribution in [0.4, 0.5) is 0 Å². The van der Waals surface area contributed by atoms with E-state index in [1.807, 2.05) is 24.3 Å². The monoisotopic (exact) mass is 751 g/mol. The number of nitrogens with one attached hydrogen (secondary N) is 4. The maximum Gasteiger partial charge on any atom is 0.328 e. The largest absolute Gasteiger partial charge is 0.508 e. The van der Waals surface area contributed by atoms with E-state index in [9.17, 15) is 14.7 Å². The van der Waals surface area contributed by atoms with E-state index in [1.165, 1.54) is 25.6 Å². The summed E-state index contributed by atoms with van der Waals surface area (Å²) in [6.45, 7) is 6.27. The van der Waals surface area contributed by atoms with Gasteiger partial charge in [-0.2, -0.15) is 5.10 Å². The van der Waals surface area contributed by atoms with E-state index in [-0.39, 0.29) is 29.5 Å². The normalized spacial score (nSPS) is 16.2. The number of aromatic hydroxyl groups is 1. The van der Waals surface area contributed by atoms with Crippen molar-refractivity contribution in [3.05, 3.63) is 88.2 Å². The minimum atomic E-state index is -0.168. The quantitative estimate of drug-likeness (QED) is 0.150. The number of hydrogen-bond acceptors (Lipinski definition) is 11. The number of nitrogens with zero attached hydrogens (tertiary/aromatic N) is 9. The number of hydrogen-bond donors (Lipinski definition) is 5. The van der Waals surface area contributed by atoms with E-state index in [2.05, 4.69) is 50.3 Å². The van der Waals surface area contributed by atoms with Crippen molar-refractivity contribution < 1.29 is 5.11 Å². The molecule has 0 bridgehead atoms. The van der Waals surface area contributed by atoms with Crippen molar-refractivity contribution in [2.24, 2.45) is 5.92 Å². The molecule has 1 atom stereocenters. The summed E-state index contributed by atoms with van der Waals surface area (Å²) in [4.78, 5) is 55.0. The number of fused-ring (bicyclic) bond motifs is 2. The van der Waals surface area contributed by atoms with Crippen LogP contribution < -0.4 is 16.7 Å². The molecule has 2 aromatic carbocycles. The van der Waals surface area contributed by atoms with Gasteiger partial charge in [-0.15, -0.1) is 12.4 Å². The molecule has 2 aliphatic rings.